The molecule has 0 radical (unpaired) electrons. The molecule has 2 aromatic rings. The van der Waals surface area contributed by atoms with Gasteiger partial charge in [-0.3, -0.25) is 9.78 Å². The van der Waals surface area contributed by atoms with Crippen molar-refractivity contribution in [1.82, 2.24) is 30.5 Å². The molecule has 3 rings (SSSR count). The number of aromatic nitrogens is 5. The number of amides is 1. The van der Waals surface area contributed by atoms with Gasteiger partial charge in [-0.1, -0.05) is 16.8 Å². The van der Waals surface area contributed by atoms with Crippen LogP contribution in [0.4, 0.5) is 0 Å². The standard InChI is InChI=1S/C12H13ClN6O/c13-10-4-9(5-14-6-10)12(20)19-3-1-2-8(7-19)11-15-17-18-16-11/h4-6,8H,1-3,7H2,(H,15,16,17,18). The van der Waals surface area contributed by atoms with Crippen molar-refractivity contribution in [3.05, 3.63) is 34.9 Å². The number of piperidine rings is 1. The Morgan fingerprint density at radius 3 is 3.10 bits per heavy atom. The first-order valence-electron chi connectivity index (χ1n) is 6.37. The Morgan fingerprint density at radius 2 is 2.35 bits per heavy atom. The molecular weight excluding hydrogens is 280 g/mol. The minimum Gasteiger partial charge on any atom is -0.338 e. The number of rotatable bonds is 2. The molecule has 1 aliphatic heterocycles. The maximum Gasteiger partial charge on any atom is 0.255 e. The van der Waals surface area contributed by atoms with Gasteiger partial charge in [0.1, 0.15) is 0 Å². The molecule has 3 heterocycles. The highest BCUT2D eigenvalue weighted by Crippen LogP contribution is 2.25. The van der Waals surface area contributed by atoms with Gasteiger partial charge in [-0.2, -0.15) is 5.21 Å². The van der Waals surface area contributed by atoms with Crippen LogP contribution in [0.1, 0.15) is 34.9 Å². The summed E-state index contributed by atoms with van der Waals surface area (Å²) in [6.45, 7) is 1.31. The van der Waals surface area contributed by atoms with E-state index in [1.165, 1.54) is 12.4 Å². The predicted molar refractivity (Wildman–Crippen MR) is 71.3 cm³/mol. The SMILES string of the molecule is O=C(c1cncc(Cl)c1)N1CCCC(c2nn[nH]n2)C1. The molecule has 1 fully saturated rings. The van der Waals surface area contributed by atoms with Crippen LogP contribution in [0.5, 0.6) is 0 Å². The zero-order chi connectivity index (χ0) is 13.9. The van der Waals surface area contributed by atoms with Crippen molar-refractivity contribution >= 4 is 17.5 Å². The van der Waals surface area contributed by atoms with Gasteiger partial charge in [0, 0.05) is 31.4 Å². The second kappa shape index (κ2) is 5.54. The first kappa shape index (κ1) is 13.0. The fourth-order valence-electron chi connectivity index (χ4n) is 2.43. The number of pyridine rings is 1. The largest absolute Gasteiger partial charge is 0.338 e. The number of H-pyrrole nitrogens is 1. The maximum absolute atomic E-state index is 12.4. The van der Waals surface area contributed by atoms with Gasteiger partial charge in [0.05, 0.1) is 10.6 Å². The highest BCUT2D eigenvalue weighted by molar-refractivity contribution is 6.30. The molecule has 1 unspecified atom stereocenters. The average molecular weight is 293 g/mol. The molecule has 1 saturated heterocycles. The Hall–Kier alpha value is -2.02. The Morgan fingerprint density at radius 1 is 1.45 bits per heavy atom. The van der Waals surface area contributed by atoms with E-state index in [9.17, 15) is 4.79 Å². The van der Waals surface area contributed by atoms with Gasteiger partial charge in [-0.05, 0) is 18.9 Å². The molecular formula is C12H13ClN6O. The number of carbonyl (C=O) groups excluding carboxylic acids is 1. The molecule has 1 atom stereocenters. The van der Waals surface area contributed by atoms with Crippen LogP contribution in [0.2, 0.25) is 5.02 Å². The lowest BCUT2D eigenvalue weighted by molar-refractivity contribution is 0.0704. The summed E-state index contributed by atoms with van der Waals surface area (Å²) in [7, 11) is 0. The summed E-state index contributed by atoms with van der Waals surface area (Å²) in [5.74, 6) is 0.721. The van der Waals surface area contributed by atoms with Crippen molar-refractivity contribution in [2.24, 2.45) is 0 Å². The Bertz CT molecular complexity index is 602. The van der Waals surface area contributed by atoms with Crippen LogP contribution in [0, 0.1) is 0 Å². The van der Waals surface area contributed by atoms with E-state index in [-0.39, 0.29) is 11.8 Å². The number of halogens is 1. The molecule has 8 heteroatoms. The maximum atomic E-state index is 12.4. The molecule has 1 aliphatic rings. The fourth-order valence-corrected chi connectivity index (χ4v) is 2.60. The highest BCUT2D eigenvalue weighted by atomic mass is 35.5. The van der Waals surface area contributed by atoms with Gasteiger partial charge in [-0.15, -0.1) is 10.2 Å². The van der Waals surface area contributed by atoms with E-state index >= 15 is 0 Å². The summed E-state index contributed by atoms with van der Waals surface area (Å²) < 4.78 is 0. The van der Waals surface area contributed by atoms with E-state index in [1.807, 2.05) is 0 Å². The zero-order valence-corrected chi connectivity index (χ0v) is 11.4. The van der Waals surface area contributed by atoms with Crippen LogP contribution in [-0.2, 0) is 0 Å². The number of hydrogen-bond donors (Lipinski definition) is 1. The minimum absolute atomic E-state index is 0.0619. The molecule has 0 aromatic carbocycles. The van der Waals surface area contributed by atoms with Gasteiger partial charge in [0.2, 0.25) is 0 Å². The van der Waals surface area contributed by atoms with Crippen LogP contribution in [0.25, 0.3) is 0 Å². The summed E-state index contributed by atoms with van der Waals surface area (Å²) in [6, 6.07) is 1.63. The van der Waals surface area contributed by atoms with Crippen LogP contribution >= 0.6 is 11.6 Å². The molecule has 2 aromatic heterocycles. The molecule has 104 valence electrons. The second-order valence-electron chi connectivity index (χ2n) is 4.75. The zero-order valence-electron chi connectivity index (χ0n) is 10.7. The number of nitrogens with zero attached hydrogens (tertiary/aromatic N) is 5. The normalized spacial score (nSPS) is 19.1. The molecule has 0 saturated carbocycles. The summed E-state index contributed by atoms with van der Waals surface area (Å²) >= 11 is 5.87. The van der Waals surface area contributed by atoms with Gasteiger partial charge in [0.25, 0.3) is 5.91 Å². The molecule has 0 bridgehead atoms. The summed E-state index contributed by atoms with van der Waals surface area (Å²) in [5.41, 5.74) is 0.506. The third-order valence-electron chi connectivity index (χ3n) is 3.39. The van der Waals surface area contributed by atoms with Crippen LogP contribution in [-0.4, -0.2) is 49.5 Å². The minimum atomic E-state index is -0.0619. The predicted octanol–water partition coefficient (Wildman–Crippen LogP) is 1.27. The first-order valence-corrected chi connectivity index (χ1v) is 6.75. The van der Waals surface area contributed by atoms with Crippen molar-refractivity contribution in [2.45, 2.75) is 18.8 Å². The lowest BCUT2D eigenvalue weighted by Gasteiger charge is -2.31. The number of tetrazole rings is 1. The molecule has 7 nitrogen and oxygen atoms in total. The number of likely N-dealkylation sites (tertiary alicyclic amines) is 1. The Kier molecular flexibility index (Phi) is 3.60. The summed E-state index contributed by atoms with van der Waals surface area (Å²) in [4.78, 5) is 18.2. The summed E-state index contributed by atoms with van der Waals surface area (Å²) in [6.07, 6.45) is 4.92. The van der Waals surface area contributed by atoms with Crippen molar-refractivity contribution in [3.8, 4) is 0 Å². The van der Waals surface area contributed by atoms with Crippen molar-refractivity contribution in [1.29, 1.82) is 0 Å². The Balaban J connectivity index is 1.75. The van der Waals surface area contributed by atoms with E-state index in [2.05, 4.69) is 25.6 Å². The summed E-state index contributed by atoms with van der Waals surface area (Å²) in [5, 5.41) is 14.5. The van der Waals surface area contributed by atoms with Crippen molar-refractivity contribution < 1.29 is 4.79 Å². The van der Waals surface area contributed by atoms with Crippen molar-refractivity contribution in [2.75, 3.05) is 13.1 Å². The second-order valence-corrected chi connectivity index (χ2v) is 5.19. The lowest BCUT2D eigenvalue weighted by Crippen LogP contribution is -2.39. The average Bonchev–Trinajstić information content (AvgIpc) is 3.01. The first-order chi connectivity index (χ1) is 9.74. The van der Waals surface area contributed by atoms with E-state index in [0.717, 1.165) is 19.4 Å². The van der Waals surface area contributed by atoms with Gasteiger partial charge in [0.15, 0.2) is 5.82 Å². The molecule has 0 aliphatic carbocycles. The monoisotopic (exact) mass is 292 g/mol. The number of hydrogen-bond acceptors (Lipinski definition) is 5. The number of carbonyl (C=O) groups is 1. The topological polar surface area (TPSA) is 87.7 Å². The van der Waals surface area contributed by atoms with Gasteiger partial charge >= 0.3 is 0 Å². The number of aromatic amines is 1. The fraction of sp³-hybridized carbons (Fsp3) is 0.417. The Labute approximate surface area is 120 Å². The van der Waals surface area contributed by atoms with Gasteiger partial charge in [-0.25, -0.2) is 0 Å². The van der Waals surface area contributed by atoms with E-state index in [4.69, 9.17) is 11.6 Å². The van der Waals surface area contributed by atoms with Crippen LogP contribution in [0.3, 0.4) is 0 Å². The molecule has 1 N–H and O–H groups in total. The van der Waals surface area contributed by atoms with Crippen LogP contribution < -0.4 is 0 Å². The molecule has 1 amide bonds. The van der Waals surface area contributed by atoms with E-state index in [1.54, 1.807) is 11.0 Å². The highest BCUT2D eigenvalue weighted by Gasteiger charge is 2.27. The molecule has 20 heavy (non-hydrogen) atoms. The van der Waals surface area contributed by atoms with Gasteiger partial charge < -0.3 is 4.90 Å². The third-order valence-corrected chi connectivity index (χ3v) is 3.59. The molecule has 0 spiro atoms. The van der Waals surface area contributed by atoms with Crippen LogP contribution in [0.15, 0.2) is 18.5 Å². The number of nitrogens with one attached hydrogen (secondary N) is 1. The van der Waals surface area contributed by atoms with E-state index < -0.39 is 0 Å². The smallest absolute Gasteiger partial charge is 0.255 e. The quantitative estimate of drug-likeness (QED) is 0.900. The van der Waals surface area contributed by atoms with E-state index in [0.29, 0.717) is 23.0 Å². The third kappa shape index (κ3) is 2.62. The lowest BCUT2D eigenvalue weighted by atomic mass is 9.97. The van der Waals surface area contributed by atoms with Crippen molar-refractivity contribution in [3.63, 3.8) is 0 Å².